The van der Waals surface area contributed by atoms with Crippen molar-refractivity contribution in [1.29, 1.82) is 0 Å². The summed E-state index contributed by atoms with van der Waals surface area (Å²) in [5.41, 5.74) is 3.67. The van der Waals surface area contributed by atoms with E-state index in [0.29, 0.717) is 24.3 Å². The molecule has 0 N–H and O–H groups in total. The molecule has 4 nitrogen and oxygen atoms in total. The zero-order valence-corrected chi connectivity index (χ0v) is 18.6. The maximum atomic E-state index is 13.6. The molecule has 5 heteroatoms. The second kappa shape index (κ2) is 6.16. The van der Waals surface area contributed by atoms with Crippen LogP contribution in [0.15, 0.2) is 48.5 Å². The van der Waals surface area contributed by atoms with Crippen LogP contribution in [0.4, 0.5) is 0 Å². The Kier molecular flexibility index (Phi) is 4.10. The predicted octanol–water partition coefficient (Wildman–Crippen LogP) is 0.277. The van der Waals surface area contributed by atoms with E-state index in [9.17, 15) is 4.79 Å². The smallest absolute Gasteiger partial charge is 0.321 e. The zero-order valence-electron chi connectivity index (χ0n) is 17.0. The van der Waals surface area contributed by atoms with E-state index in [1.165, 1.54) is 0 Å². The summed E-state index contributed by atoms with van der Waals surface area (Å²) < 4.78 is 13.1. The maximum Gasteiger partial charge on any atom is 0.321 e. The maximum absolute atomic E-state index is 13.6. The summed E-state index contributed by atoms with van der Waals surface area (Å²) in [6.45, 7) is 2.03. The lowest BCUT2D eigenvalue weighted by Crippen LogP contribution is -3.00. The number of carbonyl (C=O) groups excluding carboxylic acids is 1. The third-order valence-electron chi connectivity index (χ3n) is 7.94. The first-order valence-corrected chi connectivity index (χ1v) is 10.3. The van der Waals surface area contributed by atoms with Gasteiger partial charge in [-0.25, -0.2) is 0 Å². The standard InChI is InChI=1S/C24H26NO3.BrH/c1-24(17-10-6-4-8-15(17)16-9-5-7-11-18(16)24)23(26)27-14-12-19-21-22(28-21)20(13-14)25(19,2)3;/h4-11,14,19-22H,12-13H2,1-3H3;1H/q+1;/p-1/t14?,19?,20?,21-,22?;/m1./s1. The number of morpholine rings is 1. The van der Waals surface area contributed by atoms with E-state index in [-0.39, 0.29) is 29.1 Å². The Morgan fingerprint density at radius 3 is 1.97 bits per heavy atom. The summed E-state index contributed by atoms with van der Waals surface area (Å²) in [5.74, 6) is -0.115. The topological polar surface area (TPSA) is 38.8 Å². The summed E-state index contributed by atoms with van der Waals surface area (Å²) in [4.78, 5) is 13.6. The van der Waals surface area contributed by atoms with Crippen molar-refractivity contribution in [3.05, 3.63) is 59.7 Å². The SMILES string of the molecule is CC1(C(=O)OC2CC3C4O[C@@H]4C(C2)[N+]3(C)C)c2ccccc2-c2ccccc21.[Br-]. The van der Waals surface area contributed by atoms with E-state index in [1.807, 2.05) is 31.2 Å². The molecule has 4 unspecified atom stereocenters. The second-order valence-corrected chi connectivity index (χ2v) is 9.54. The predicted molar refractivity (Wildman–Crippen MR) is 106 cm³/mol. The number of quaternary nitrogens is 1. The second-order valence-electron chi connectivity index (χ2n) is 9.54. The average molecular weight is 456 g/mol. The lowest BCUT2D eigenvalue weighted by atomic mass is 9.80. The molecule has 5 atom stereocenters. The van der Waals surface area contributed by atoms with Crippen LogP contribution < -0.4 is 17.0 Å². The van der Waals surface area contributed by atoms with Gasteiger partial charge in [-0.15, -0.1) is 0 Å². The van der Waals surface area contributed by atoms with Crippen molar-refractivity contribution in [2.24, 2.45) is 0 Å². The summed E-state index contributed by atoms with van der Waals surface area (Å²) in [7, 11) is 4.60. The quantitative estimate of drug-likeness (QED) is 0.370. The van der Waals surface area contributed by atoms with Gasteiger partial charge in [-0.2, -0.15) is 0 Å². The van der Waals surface area contributed by atoms with Crippen LogP contribution in [-0.4, -0.2) is 54.9 Å². The Bertz CT molecular complexity index is 938. The summed E-state index contributed by atoms with van der Waals surface area (Å²) in [6, 6.07) is 17.4. The van der Waals surface area contributed by atoms with Crippen molar-refractivity contribution in [2.45, 2.75) is 55.6 Å². The fourth-order valence-electron chi connectivity index (χ4n) is 6.24. The largest absolute Gasteiger partial charge is 1.00 e. The minimum Gasteiger partial charge on any atom is -1.00 e. The molecule has 0 amide bonds. The van der Waals surface area contributed by atoms with Crippen LogP contribution in [0, 0.1) is 0 Å². The van der Waals surface area contributed by atoms with Crippen LogP contribution in [0.1, 0.15) is 30.9 Å². The number of ether oxygens (including phenoxy) is 2. The number of halogens is 1. The Balaban J connectivity index is 0.00000181. The average Bonchev–Trinajstić information content (AvgIpc) is 3.40. The van der Waals surface area contributed by atoms with Crippen molar-refractivity contribution >= 4 is 5.97 Å². The third kappa shape index (κ3) is 2.41. The van der Waals surface area contributed by atoms with Gasteiger partial charge in [0.15, 0.2) is 0 Å². The number of likely N-dealkylation sites (N-methyl/N-ethyl adjacent to an activating group) is 1. The van der Waals surface area contributed by atoms with Gasteiger partial charge in [0, 0.05) is 12.8 Å². The number of hydrogen-bond donors (Lipinski definition) is 0. The van der Waals surface area contributed by atoms with Gasteiger partial charge in [0.25, 0.3) is 0 Å². The van der Waals surface area contributed by atoms with E-state index in [2.05, 4.69) is 38.4 Å². The lowest BCUT2D eigenvalue weighted by Gasteiger charge is -2.45. The molecule has 2 aromatic rings. The Labute approximate surface area is 182 Å². The van der Waals surface area contributed by atoms with E-state index in [1.54, 1.807) is 0 Å². The van der Waals surface area contributed by atoms with Gasteiger partial charge in [-0.05, 0) is 29.2 Å². The van der Waals surface area contributed by atoms with Gasteiger partial charge in [0.05, 0.1) is 14.1 Å². The summed E-state index contributed by atoms with van der Waals surface area (Å²) >= 11 is 0. The minimum atomic E-state index is -0.743. The third-order valence-corrected chi connectivity index (χ3v) is 7.94. The highest BCUT2D eigenvalue weighted by molar-refractivity contribution is 5.97. The monoisotopic (exact) mass is 455 g/mol. The molecule has 3 fully saturated rings. The molecular formula is C24H26BrNO3. The fourth-order valence-corrected chi connectivity index (χ4v) is 6.24. The number of piperidine rings is 1. The van der Waals surface area contributed by atoms with Gasteiger partial charge >= 0.3 is 5.97 Å². The van der Waals surface area contributed by atoms with Crippen molar-refractivity contribution < 1.29 is 35.7 Å². The highest BCUT2D eigenvalue weighted by atomic mass is 79.9. The molecule has 2 aromatic carbocycles. The Hall–Kier alpha value is -1.69. The Morgan fingerprint density at radius 1 is 0.966 bits per heavy atom. The molecule has 3 aliphatic heterocycles. The molecular weight excluding hydrogens is 430 g/mol. The molecule has 4 aliphatic rings. The first kappa shape index (κ1) is 19.3. The fraction of sp³-hybridized carbons (Fsp3) is 0.458. The number of hydrogen-bond acceptors (Lipinski definition) is 3. The first-order chi connectivity index (χ1) is 13.4. The van der Waals surface area contributed by atoms with Crippen LogP contribution >= 0.6 is 0 Å². The van der Waals surface area contributed by atoms with Gasteiger partial charge in [0.2, 0.25) is 0 Å². The first-order valence-electron chi connectivity index (χ1n) is 10.3. The van der Waals surface area contributed by atoms with Crippen LogP contribution in [0.2, 0.25) is 0 Å². The normalized spacial score (nSPS) is 33.7. The van der Waals surface area contributed by atoms with Crippen LogP contribution in [0.5, 0.6) is 0 Å². The van der Waals surface area contributed by atoms with E-state index in [4.69, 9.17) is 9.47 Å². The number of esters is 1. The molecule has 1 aliphatic carbocycles. The number of fused-ring (bicyclic) bond motifs is 8. The van der Waals surface area contributed by atoms with Gasteiger partial charge in [0.1, 0.15) is 35.8 Å². The van der Waals surface area contributed by atoms with Crippen molar-refractivity contribution in [1.82, 2.24) is 0 Å². The van der Waals surface area contributed by atoms with Gasteiger partial charge in [-0.1, -0.05) is 48.5 Å². The molecule has 0 aromatic heterocycles. The van der Waals surface area contributed by atoms with E-state index in [0.717, 1.165) is 39.6 Å². The molecule has 0 radical (unpaired) electrons. The van der Waals surface area contributed by atoms with Crippen LogP contribution in [0.3, 0.4) is 0 Å². The Morgan fingerprint density at radius 2 is 1.45 bits per heavy atom. The highest BCUT2D eigenvalue weighted by Crippen LogP contribution is 2.53. The zero-order chi connectivity index (χ0) is 19.3. The molecule has 0 spiro atoms. The molecule has 6 rings (SSSR count). The number of carbonyl (C=O) groups is 1. The molecule has 0 saturated carbocycles. The molecule has 3 saturated heterocycles. The summed E-state index contributed by atoms with van der Waals surface area (Å²) in [6.07, 6.45) is 2.52. The van der Waals surface area contributed by atoms with Crippen molar-refractivity contribution in [3.63, 3.8) is 0 Å². The number of rotatable bonds is 2. The van der Waals surface area contributed by atoms with Gasteiger partial charge < -0.3 is 30.9 Å². The number of nitrogens with zero attached hydrogens (tertiary/aromatic N) is 1. The lowest BCUT2D eigenvalue weighted by molar-refractivity contribution is -0.938. The van der Waals surface area contributed by atoms with Gasteiger partial charge in [-0.3, -0.25) is 4.79 Å². The van der Waals surface area contributed by atoms with Crippen LogP contribution in [-0.2, 0) is 19.7 Å². The number of benzene rings is 2. The molecule has 152 valence electrons. The number of epoxide rings is 1. The van der Waals surface area contributed by atoms with Crippen molar-refractivity contribution in [3.8, 4) is 11.1 Å². The van der Waals surface area contributed by atoms with Crippen molar-refractivity contribution in [2.75, 3.05) is 14.1 Å². The molecule has 3 heterocycles. The highest BCUT2D eigenvalue weighted by Gasteiger charge is 2.71. The summed E-state index contributed by atoms with van der Waals surface area (Å²) in [5, 5.41) is 0. The van der Waals surface area contributed by atoms with Crippen LogP contribution in [0.25, 0.3) is 11.1 Å². The van der Waals surface area contributed by atoms with E-state index >= 15 is 0 Å². The molecule has 2 bridgehead atoms. The molecule has 29 heavy (non-hydrogen) atoms. The minimum absolute atomic E-state index is 0. The van der Waals surface area contributed by atoms with E-state index < -0.39 is 5.41 Å².